The van der Waals surface area contributed by atoms with E-state index in [4.69, 9.17) is 37.3 Å². The molecular weight excluding hydrogens is 480 g/mol. The van der Waals surface area contributed by atoms with E-state index < -0.39 is 11.9 Å². The quantitative estimate of drug-likeness (QED) is 0.0855. The maximum Gasteiger partial charge on any atom is 0.343 e. The van der Waals surface area contributed by atoms with Crippen LogP contribution in [0.25, 0.3) is 6.08 Å². The van der Waals surface area contributed by atoms with E-state index in [1.807, 2.05) is 6.07 Å². The molecule has 3 aromatic carbocycles. The van der Waals surface area contributed by atoms with E-state index in [1.54, 1.807) is 66.7 Å². The summed E-state index contributed by atoms with van der Waals surface area (Å²) in [6.45, 7) is 0.779. The number of benzene rings is 3. The first-order valence-corrected chi connectivity index (χ1v) is 12.1. The Morgan fingerprint density at radius 2 is 1.58 bits per heavy atom. The number of anilines is 2. The molecule has 0 saturated carbocycles. The molecule has 4 N–H and O–H groups in total. The van der Waals surface area contributed by atoms with Crippen LogP contribution in [0.15, 0.2) is 72.8 Å². The number of ether oxygens (including phenoxy) is 3. The second-order valence-electron chi connectivity index (χ2n) is 7.94. The molecule has 0 aliphatic carbocycles. The Labute approximate surface area is 215 Å². The zero-order valence-electron chi connectivity index (χ0n) is 19.8. The fraction of sp³-hybridized carbons (Fsp3) is 0.214. The Morgan fingerprint density at radius 3 is 2.28 bits per heavy atom. The predicted octanol–water partition coefficient (Wildman–Crippen LogP) is 5.27. The average molecular weight is 509 g/mol. The highest BCUT2D eigenvalue weighted by molar-refractivity contribution is 6.17. The summed E-state index contributed by atoms with van der Waals surface area (Å²) in [6, 6.07) is 18.8. The van der Waals surface area contributed by atoms with E-state index in [2.05, 4.69) is 0 Å². The van der Waals surface area contributed by atoms with Crippen molar-refractivity contribution in [2.45, 2.75) is 19.3 Å². The number of esters is 2. The fourth-order valence-corrected chi connectivity index (χ4v) is 3.39. The Morgan fingerprint density at radius 1 is 0.861 bits per heavy atom. The van der Waals surface area contributed by atoms with Gasteiger partial charge in [-0.05, 0) is 78.6 Å². The lowest BCUT2D eigenvalue weighted by atomic mass is 10.1. The van der Waals surface area contributed by atoms with Crippen molar-refractivity contribution >= 4 is 41.0 Å². The van der Waals surface area contributed by atoms with Crippen molar-refractivity contribution in [3.05, 3.63) is 89.5 Å². The molecular formula is C28H29ClN2O5. The molecule has 0 aliphatic heterocycles. The van der Waals surface area contributed by atoms with E-state index >= 15 is 0 Å². The van der Waals surface area contributed by atoms with Gasteiger partial charge >= 0.3 is 11.9 Å². The number of hydrogen-bond donors (Lipinski definition) is 2. The maximum absolute atomic E-state index is 12.4. The number of rotatable bonds is 12. The number of alkyl halides is 1. The fourth-order valence-electron chi connectivity index (χ4n) is 3.20. The minimum atomic E-state index is -0.475. The number of carbonyl (C=O) groups excluding carboxylic acids is 2. The Kier molecular flexibility index (Phi) is 10.2. The minimum absolute atomic E-state index is 0.202. The first-order valence-electron chi connectivity index (χ1n) is 11.5. The van der Waals surface area contributed by atoms with Crippen LogP contribution >= 0.6 is 11.6 Å². The highest BCUT2D eigenvalue weighted by Gasteiger charge is 2.09. The summed E-state index contributed by atoms with van der Waals surface area (Å²) >= 11 is 5.65. The van der Waals surface area contributed by atoms with Crippen molar-refractivity contribution in [3.8, 4) is 11.5 Å². The number of carbonyl (C=O) groups is 2. The van der Waals surface area contributed by atoms with Crippen molar-refractivity contribution in [1.29, 1.82) is 0 Å². The lowest BCUT2D eigenvalue weighted by Gasteiger charge is -2.07. The third kappa shape index (κ3) is 8.67. The van der Waals surface area contributed by atoms with Gasteiger partial charge in [-0.3, -0.25) is 0 Å². The van der Waals surface area contributed by atoms with Crippen LogP contribution < -0.4 is 20.9 Å². The molecule has 0 saturated heterocycles. The van der Waals surface area contributed by atoms with Gasteiger partial charge in [0.2, 0.25) is 0 Å². The van der Waals surface area contributed by atoms with Crippen LogP contribution in [0.5, 0.6) is 11.5 Å². The zero-order valence-corrected chi connectivity index (χ0v) is 20.6. The lowest BCUT2D eigenvalue weighted by Crippen LogP contribution is -2.08. The van der Waals surface area contributed by atoms with Gasteiger partial charge in [-0.25, -0.2) is 9.59 Å². The third-order valence-corrected chi connectivity index (χ3v) is 5.44. The number of nitrogen functional groups attached to an aromatic ring is 2. The van der Waals surface area contributed by atoms with Gasteiger partial charge in [0.25, 0.3) is 0 Å². The first kappa shape index (κ1) is 26.6. The molecule has 0 aromatic heterocycles. The van der Waals surface area contributed by atoms with E-state index in [-0.39, 0.29) is 6.61 Å². The summed E-state index contributed by atoms with van der Waals surface area (Å²) in [5.74, 6) is 0.746. The molecule has 0 aliphatic rings. The van der Waals surface area contributed by atoms with Gasteiger partial charge in [0, 0.05) is 29.8 Å². The number of nitrogens with two attached hydrogens (primary N) is 2. The highest BCUT2D eigenvalue weighted by atomic mass is 35.5. The summed E-state index contributed by atoms with van der Waals surface area (Å²) in [5.41, 5.74) is 14.8. The molecule has 36 heavy (non-hydrogen) atoms. The van der Waals surface area contributed by atoms with E-state index in [9.17, 15) is 9.59 Å². The van der Waals surface area contributed by atoms with Gasteiger partial charge in [-0.2, -0.15) is 0 Å². The standard InChI is InChI=1S/C28H29ClN2O5/c29-16-1-2-17-34-24-12-7-22(8-13-24)28(33)36-25-10-3-20(4-11-25)5-14-27(32)35-18-15-21-6-9-23(30)19-26(21)31/h3-14,19H,1-2,15-18,30-31H2/b14-5+. The van der Waals surface area contributed by atoms with Crippen molar-refractivity contribution in [2.75, 3.05) is 30.6 Å². The van der Waals surface area contributed by atoms with Gasteiger partial charge in [0.15, 0.2) is 0 Å². The molecule has 0 fully saturated rings. The number of halogens is 1. The van der Waals surface area contributed by atoms with Gasteiger partial charge in [-0.1, -0.05) is 18.2 Å². The summed E-state index contributed by atoms with van der Waals surface area (Å²) < 4.78 is 16.2. The molecule has 0 spiro atoms. The molecule has 0 bridgehead atoms. The van der Waals surface area contributed by atoms with Crippen molar-refractivity contribution in [3.63, 3.8) is 0 Å². The molecule has 3 rings (SSSR count). The average Bonchev–Trinajstić information content (AvgIpc) is 2.88. The molecule has 0 atom stereocenters. The molecule has 7 nitrogen and oxygen atoms in total. The Hall–Kier alpha value is -3.97. The van der Waals surface area contributed by atoms with Crippen molar-refractivity contribution in [2.24, 2.45) is 0 Å². The van der Waals surface area contributed by atoms with E-state index in [0.717, 1.165) is 24.0 Å². The summed E-state index contributed by atoms with van der Waals surface area (Å²) in [6.07, 6.45) is 5.23. The van der Waals surface area contributed by atoms with Crippen LogP contribution in [0.2, 0.25) is 0 Å². The topological polar surface area (TPSA) is 114 Å². The van der Waals surface area contributed by atoms with Crippen LogP contribution in [-0.2, 0) is 16.0 Å². The minimum Gasteiger partial charge on any atom is -0.494 e. The third-order valence-electron chi connectivity index (χ3n) is 5.17. The molecule has 0 unspecified atom stereocenters. The van der Waals surface area contributed by atoms with Gasteiger partial charge in [0.05, 0.1) is 18.8 Å². The maximum atomic E-state index is 12.4. The van der Waals surface area contributed by atoms with Crippen LogP contribution in [-0.4, -0.2) is 31.0 Å². The van der Waals surface area contributed by atoms with E-state index in [0.29, 0.717) is 47.3 Å². The van der Waals surface area contributed by atoms with Gasteiger partial charge in [-0.15, -0.1) is 11.6 Å². The number of hydrogen-bond acceptors (Lipinski definition) is 7. The predicted molar refractivity (Wildman–Crippen MR) is 142 cm³/mol. The smallest absolute Gasteiger partial charge is 0.343 e. The van der Waals surface area contributed by atoms with Gasteiger partial charge in [0.1, 0.15) is 11.5 Å². The van der Waals surface area contributed by atoms with Crippen LogP contribution in [0.4, 0.5) is 11.4 Å². The first-order chi connectivity index (χ1) is 17.4. The lowest BCUT2D eigenvalue weighted by molar-refractivity contribution is -0.137. The second-order valence-corrected chi connectivity index (χ2v) is 8.31. The monoisotopic (exact) mass is 508 g/mol. The van der Waals surface area contributed by atoms with Gasteiger partial charge < -0.3 is 25.7 Å². The van der Waals surface area contributed by atoms with E-state index in [1.165, 1.54) is 6.08 Å². The van der Waals surface area contributed by atoms with Crippen molar-refractivity contribution in [1.82, 2.24) is 0 Å². The SMILES string of the molecule is Nc1ccc(CCOC(=O)/C=C/c2ccc(OC(=O)c3ccc(OCCCCCl)cc3)cc2)c(N)c1. The summed E-state index contributed by atoms with van der Waals surface area (Å²) in [7, 11) is 0. The Bertz CT molecular complexity index is 1180. The van der Waals surface area contributed by atoms with Crippen LogP contribution in [0, 0.1) is 0 Å². The molecule has 0 radical (unpaired) electrons. The molecule has 0 heterocycles. The largest absolute Gasteiger partial charge is 0.494 e. The molecule has 188 valence electrons. The molecule has 3 aromatic rings. The summed E-state index contributed by atoms with van der Waals surface area (Å²) in [5, 5.41) is 0. The zero-order chi connectivity index (χ0) is 25.8. The normalized spacial score (nSPS) is 10.8. The summed E-state index contributed by atoms with van der Waals surface area (Å²) in [4.78, 5) is 24.4. The second kappa shape index (κ2) is 13.8. The Balaban J connectivity index is 1.43. The molecule has 0 amide bonds. The molecule has 8 heteroatoms. The highest BCUT2D eigenvalue weighted by Crippen LogP contribution is 2.18. The van der Waals surface area contributed by atoms with Crippen molar-refractivity contribution < 1.29 is 23.8 Å². The van der Waals surface area contributed by atoms with Crippen LogP contribution in [0.3, 0.4) is 0 Å². The number of unbranched alkanes of at least 4 members (excludes halogenated alkanes) is 1. The van der Waals surface area contributed by atoms with Crippen LogP contribution in [0.1, 0.15) is 34.3 Å².